The summed E-state index contributed by atoms with van der Waals surface area (Å²) < 4.78 is 69.1. The standard InChI is InChI=1S/C5H4F6O/c6-2-1-4(12,3(7)8)5(9,10)11/h1-3,12H. The molecule has 72 valence electrons. The van der Waals surface area contributed by atoms with E-state index in [4.69, 9.17) is 5.11 Å². The van der Waals surface area contributed by atoms with Gasteiger partial charge < -0.3 is 5.11 Å². The Morgan fingerprint density at radius 3 is 1.67 bits per heavy atom. The number of rotatable bonds is 2. The maximum Gasteiger partial charge on any atom is 0.426 e. The summed E-state index contributed by atoms with van der Waals surface area (Å²) in [6.07, 6.45) is -11.1. The van der Waals surface area contributed by atoms with Crippen LogP contribution in [0.15, 0.2) is 12.4 Å². The van der Waals surface area contributed by atoms with Crippen LogP contribution in [0.2, 0.25) is 0 Å². The van der Waals surface area contributed by atoms with E-state index in [2.05, 4.69) is 0 Å². The van der Waals surface area contributed by atoms with E-state index in [-0.39, 0.29) is 0 Å². The van der Waals surface area contributed by atoms with E-state index >= 15 is 0 Å². The zero-order valence-electron chi connectivity index (χ0n) is 5.45. The van der Waals surface area contributed by atoms with E-state index in [1.807, 2.05) is 0 Å². The van der Waals surface area contributed by atoms with Crippen molar-refractivity contribution in [1.29, 1.82) is 0 Å². The van der Waals surface area contributed by atoms with Crippen LogP contribution in [0.25, 0.3) is 0 Å². The van der Waals surface area contributed by atoms with Crippen molar-refractivity contribution in [2.24, 2.45) is 0 Å². The van der Waals surface area contributed by atoms with Gasteiger partial charge in [0.05, 0.1) is 6.33 Å². The largest absolute Gasteiger partial charge is 0.426 e. The van der Waals surface area contributed by atoms with Crippen molar-refractivity contribution >= 4 is 0 Å². The van der Waals surface area contributed by atoms with E-state index in [1.165, 1.54) is 0 Å². The zero-order chi connectivity index (χ0) is 9.99. The van der Waals surface area contributed by atoms with Crippen LogP contribution in [0.5, 0.6) is 0 Å². The number of halogens is 6. The lowest BCUT2D eigenvalue weighted by Gasteiger charge is -2.25. The Morgan fingerprint density at radius 1 is 1.17 bits per heavy atom. The second-order valence-corrected chi connectivity index (χ2v) is 1.92. The van der Waals surface area contributed by atoms with Crippen molar-refractivity contribution in [2.45, 2.75) is 18.2 Å². The molecule has 1 N–H and O–H groups in total. The molecule has 1 nitrogen and oxygen atoms in total. The molecule has 12 heavy (non-hydrogen) atoms. The molecule has 0 aliphatic rings. The van der Waals surface area contributed by atoms with Gasteiger partial charge >= 0.3 is 6.18 Å². The van der Waals surface area contributed by atoms with Crippen molar-refractivity contribution in [2.75, 3.05) is 0 Å². The molecule has 0 aliphatic carbocycles. The highest BCUT2D eigenvalue weighted by Crippen LogP contribution is 2.36. The van der Waals surface area contributed by atoms with E-state index in [9.17, 15) is 26.3 Å². The summed E-state index contributed by atoms with van der Waals surface area (Å²) in [4.78, 5) is 0. The third kappa shape index (κ3) is 1.90. The van der Waals surface area contributed by atoms with Gasteiger partial charge in [-0.15, -0.1) is 0 Å². The normalized spacial score (nSPS) is 18.7. The summed E-state index contributed by atoms with van der Waals surface area (Å²) in [5.74, 6) is 0. The van der Waals surface area contributed by atoms with Gasteiger partial charge in [-0.25, -0.2) is 13.2 Å². The average Bonchev–Trinajstić information content (AvgIpc) is 1.85. The van der Waals surface area contributed by atoms with Crippen molar-refractivity contribution in [1.82, 2.24) is 0 Å². The van der Waals surface area contributed by atoms with Crippen LogP contribution in [-0.4, -0.2) is 23.3 Å². The minimum absolute atomic E-state index is 0.641. The summed E-state index contributed by atoms with van der Waals surface area (Å²) in [7, 11) is 0. The lowest BCUT2D eigenvalue weighted by atomic mass is 10.1. The monoisotopic (exact) mass is 194 g/mol. The molecule has 0 radical (unpaired) electrons. The number of aliphatic hydroxyl groups is 1. The van der Waals surface area contributed by atoms with Crippen molar-refractivity contribution in [3.8, 4) is 0 Å². The first-order chi connectivity index (χ1) is 5.25. The fourth-order valence-corrected chi connectivity index (χ4v) is 0.387. The van der Waals surface area contributed by atoms with Gasteiger partial charge in [-0.2, -0.15) is 13.2 Å². The van der Waals surface area contributed by atoms with E-state index in [0.29, 0.717) is 0 Å². The van der Waals surface area contributed by atoms with Crippen LogP contribution in [0.3, 0.4) is 0 Å². The molecular weight excluding hydrogens is 190 g/mol. The molecule has 0 aromatic carbocycles. The Hall–Kier alpha value is -0.720. The maximum absolute atomic E-state index is 11.6. The summed E-state index contributed by atoms with van der Waals surface area (Å²) in [6, 6.07) is 0. The van der Waals surface area contributed by atoms with Crippen LogP contribution in [-0.2, 0) is 0 Å². The Bertz CT molecular complexity index is 173. The Kier molecular flexibility index (Phi) is 3.14. The number of hydrogen-bond acceptors (Lipinski definition) is 1. The van der Waals surface area contributed by atoms with Crippen LogP contribution in [0, 0.1) is 0 Å². The third-order valence-corrected chi connectivity index (χ3v) is 1.10. The van der Waals surface area contributed by atoms with Gasteiger partial charge in [0.15, 0.2) is 0 Å². The summed E-state index contributed by atoms with van der Waals surface area (Å²) in [5.41, 5.74) is -4.40. The Balaban J connectivity index is 4.88. The molecule has 0 amide bonds. The lowest BCUT2D eigenvalue weighted by molar-refractivity contribution is -0.276. The topological polar surface area (TPSA) is 20.2 Å². The Morgan fingerprint density at radius 2 is 1.58 bits per heavy atom. The first-order valence-corrected chi connectivity index (χ1v) is 2.61. The quantitative estimate of drug-likeness (QED) is 0.666. The van der Waals surface area contributed by atoms with Crippen LogP contribution < -0.4 is 0 Å². The van der Waals surface area contributed by atoms with Crippen molar-refractivity contribution in [3.05, 3.63) is 12.4 Å². The molecule has 0 aliphatic heterocycles. The molecule has 0 spiro atoms. The van der Waals surface area contributed by atoms with E-state index < -0.39 is 30.6 Å². The van der Waals surface area contributed by atoms with Crippen LogP contribution in [0.1, 0.15) is 0 Å². The van der Waals surface area contributed by atoms with Crippen LogP contribution >= 0.6 is 0 Å². The average molecular weight is 194 g/mol. The minimum atomic E-state index is -5.59. The first-order valence-electron chi connectivity index (χ1n) is 2.61. The highest BCUT2D eigenvalue weighted by atomic mass is 19.4. The molecule has 0 aromatic heterocycles. The van der Waals surface area contributed by atoms with Crippen LogP contribution in [0.4, 0.5) is 26.3 Å². The lowest BCUT2D eigenvalue weighted by Crippen LogP contribution is -2.49. The van der Waals surface area contributed by atoms with Gasteiger partial charge in [0.25, 0.3) is 6.43 Å². The summed E-state index contributed by atoms with van der Waals surface area (Å²) in [6.45, 7) is 0. The van der Waals surface area contributed by atoms with Gasteiger partial charge in [0.1, 0.15) is 0 Å². The fourth-order valence-electron chi connectivity index (χ4n) is 0.387. The smallest absolute Gasteiger partial charge is 0.372 e. The van der Waals surface area contributed by atoms with Gasteiger partial charge in [0.2, 0.25) is 5.60 Å². The molecule has 0 aromatic rings. The fraction of sp³-hybridized carbons (Fsp3) is 0.600. The molecule has 1 atom stereocenters. The second kappa shape index (κ2) is 3.34. The molecule has 0 saturated carbocycles. The molecule has 0 heterocycles. The van der Waals surface area contributed by atoms with Crippen molar-refractivity contribution < 1.29 is 31.4 Å². The van der Waals surface area contributed by atoms with E-state index in [0.717, 1.165) is 0 Å². The predicted octanol–water partition coefficient (Wildman–Crippen LogP) is 2.03. The van der Waals surface area contributed by atoms with Gasteiger partial charge in [-0.1, -0.05) is 0 Å². The second-order valence-electron chi connectivity index (χ2n) is 1.92. The zero-order valence-corrected chi connectivity index (χ0v) is 5.45. The molecule has 0 bridgehead atoms. The predicted molar refractivity (Wildman–Crippen MR) is 27.3 cm³/mol. The number of alkyl halides is 5. The molecule has 0 saturated heterocycles. The summed E-state index contributed by atoms with van der Waals surface area (Å²) in [5, 5.41) is 8.22. The van der Waals surface area contributed by atoms with Gasteiger partial charge in [0, 0.05) is 0 Å². The Labute approximate surface area is 63.3 Å². The summed E-state index contributed by atoms with van der Waals surface area (Å²) >= 11 is 0. The minimum Gasteiger partial charge on any atom is -0.372 e. The SMILES string of the molecule is OC(C=CF)(C(F)F)C(F)(F)F. The maximum atomic E-state index is 11.6. The van der Waals surface area contributed by atoms with Crippen molar-refractivity contribution in [3.63, 3.8) is 0 Å². The highest BCUT2D eigenvalue weighted by molar-refractivity contribution is 5.05. The first kappa shape index (κ1) is 11.3. The molecule has 7 heteroatoms. The third-order valence-electron chi connectivity index (χ3n) is 1.10. The highest BCUT2D eigenvalue weighted by Gasteiger charge is 2.58. The van der Waals surface area contributed by atoms with Gasteiger partial charge in [-0.05, 0) is 6.08 Å². The number of hydrogen-bond donors (Lipinski definition) is 1. The molecule has 0 fully saturated rings. The molecular formula is C5H4F6O. The van der Waals surface area contributed by atoms with Gasteiger partial charge in [-0.3, -0.25) is 0 Å². The molecule has 0 rings (SSSR count). The van der Waals surface area contributed by atoms with E-state index in [1.54, 1.807) is 0 Å². The molecule has 1 unspecified atom stereocenters.